The number of ketones is 1. The molecule has 80 valence electrons. The molecular weight excluding hydrogens is 195 g/mol. The van der Waals surface area contributed by atoms with E-state index in [4.69, 9.17) is 4.74 Å². The number of fused-ring (bicyclic) bond motifs is 1. The molecule has 0 heterocycles. The van der Waals surface area contributed by atoms with E-state index in [1.807, 2.05) is 0 Å². The third-order valence-electron chi connectivity index (χ3n) is 2.78. The zero-order chi connectivity index (χ0) is 10.8. The van der Waals surface area contributed by atoms with Gasteiger partial charge in [0.05, 0.1) is 7.11 Å². The summed E-state index contributed by atoms with van der Waals surface area (Å²) in [6, 6.07) is 2.95. The van der Waals surface area contributed by atoms with E-state index < -0.39 is 0 Å². The Morgan fingerprint density at radius 1 is 1.27 bits per heavy atom. The van der Waals surface area contributed by atoms with Crippen molar-refractivity contribution in [3.05, 3.63) is 29.1 Å². The first-order valence-corrected chi connectivity index (χ1v) is 5.12. The van der Waals surface area contributed by atoms with E-state index in [1.165, 1.54) is 19.2 Å². The Labute approximate surface area is 88.1 Å². The summed E-state index contributed by atoms with van der Waals surface area (Å²) in [5, 5.41) is 0. The van der Waals surface area contributed by atoms with Gasteiger partial charge in [-0.25, -0.2) is 4.39 Å². The lowest BCUT2D eigenvalue weighted by molar-refractivity contribution is 0.0981. The molecule has 0 atom stereocenters. The zero-order valence-corrected chi connectivity index (χ0v) is 8.68. The van der Waals surface area contributed by atoms with Crippen molar-refractivity contribution >= 4 is 5.78 Å². The zero-order valence-electron chi connectivity index (χ0n) is 8.68. The van der Waals surface area contributed by atoms with Crippen LogP contribution in [-0.2, 0) is 6.42 Å². The van der Waals surface area contributed by atoms with Gasteiger partial charge in [-0.1, -0.05) is 0 Å². The summed E-state index contributed by atoms with van der Waals surface area (Å²) < 4.78 is 18.3. The van der Waals surface area contributed by atoms with Crippen molar-refractivity contribution < 1.29 is 13.9 Å². The number of Topliss-reactive ketones (excluding diaryl/α,β-unsaturated/α-hetero) is 1. The predicted octanol–water partition coefficient (Wildman–Crippen LogP) is 2.74. The highest BCUT2D eigenvalue weighted by Gasteiger charge is 2.18. The van der Waals surface area contributed by atoms with Crippen molar-refractivity contribution in [2.24, 2.45) is 0 Å². The van der Waals surface area contributed by atoms with Crippen molar-refractivity contribution in [3.63, 3.8) is 0 Å². The van der Waals surface area contributed by atoms with Gasteiger partial charge in [0, 0.05) is 12.0 Å². The molecule has 0 spiro atoms. The monoisotopic (exact) mass is 208 g/mol. The lowest BCUT2D eigenvalue weighted by atomic mass is 10.0. The standard InChI is InChI=1S/C12H13FO2/c1-15-12-7-9-8(6-10(12)13)4-2-3-5-11(9)14/h6-7H,2-5H2,1H3. The molecular formula is C12H13FO2. The number of aryl methyl sites for hydroxylation is 1. The number of halogens is 1. The third kappa shape index (κ3) is 1.87. The topological polar surface area (TPSA) is 26.3 Å². The fourth-order valence-corrected chi connectivity index (χ4v) is 1.95. The van der Waals surface area contributed by atoms with Crippen LogP contribution < -0.4 is 4.74 Å². The Morgan fingerprint density at radius 2 is 2.00 bits per heavy atom. The van der Waals surface area contributed by atoms with Crippen molar-refractivity contribution in [1.82, 2.24) is 0 Å². The van der Waals surface area contributed by atoms with Gasteiger partial charge in [0.25, 0.3) is 0 Å². The summed E-state index contributed by atoms with van der Waals surface area (Å²) in [5.41, 5.74) is 1.45. The van der Waals surface area contributed by atoms with Crippen LogP contribution in [0.1, 0.15) is 35.2 Å². The second kappa shape index (κ2) is 4.01. The fraction of sp³-hybridized carbons (Fsp3) is 0.417. The summed E-state index contributed by atoms with van der Waals surface area (Å²) in [5.74, 6) is -0.129. The summed E-state index contributed by atoms with van der Waals surface area (Å²) in [6.07, 6.45) is 3.17. The minimum absolute atomic E-state index is 0.0980. The van der Waals surface area contributed by atoms with Gasteiger partial charge in [-0.2, -0.15) is 0 Å². The van der Waals surface area contributed by atoms with E-state index in [-0.39, 0.29) is 17.3 Å². The molecule has 3 heteroatoms. The number of carbonyl (C=O) groups is 1. The molecule has 2 rings (SSSR count). The third-order valence-corrected chi connectivity index (χ3v) is 2.78. The minimum atomic E-state index is -0.383. The van der Waals surface area contributed by atoms with Crippen molar-refractivity contribution in [1.29, 1.82) is 0 Å². The first kappa shape index (κ1) is 10.1. The summed E-state index contributed by atoms with van der Waals surface area (Å²) in [4.78, 5) is 11.7. The first-order valence-electron chi connectivity index (χ1n) is 5.12. The van der Waals surface area contributed by atoms with Gasteiger partial charge in [0.15, 0.2) is 17.3 Å². The summed E-state index contributed by atoms with van der Waals surface area (Å²) >= 11 is 0. The average molecular weight is 208 g/mol. The maximum absolute atomic E-state index is 13.4. The van der Waals surface area contributed by atoms with E-state index in [2.05, 4.69) is 0 Å². The van der Waals surface area contributed by atoms with Crippen LogP contribution in [0.25, 0.3) is 0 Å². The van der Waals surface area contributed by atoms with Gasteiger partial charge in [0.2, 0.25) is 0 Å². The molecule has 0 amide bonds. The van der Waals surface area contributed by atoms with E-state index >= 15 is 0 Å². The normalized spacial score (nSPS) is 15.7. The van der Waals surface area contributed by atoms with Crippen LogP contribution in [-0.4, -0.2) is 12.9 Å². The van der Waals surface area contributed by atoms with Crippen LogP contribution in [0, 0.1) is 5.82 Å². The highest BCUT2D eigenvalue weighted by molar-refractivity contribution is 5.98. The predicted molar refractivity (Wildman–Crippen MR) is 54.8 cm³/mol. The van der Waals surface area contributed by atoms with Gasteiger partial charge in [-0.05, 0) is 37.0 Å². The van der Waals surface area contributed by atoms with Crippen molar-refractivity contribution in [3.8, 4) is 5.75 Å². The number of benzene rings is 1. The van der Waals surface area contributed by atoms with Crippen molar-refractivity contribution in [2.75, 3.05) is 7.11 Å². The van der Waals surface area contributed by atoms with Crippen LogP contribution in [0.2, 0.25) is 0 Å². The molecule has 0 unspecified atom stereocenters. The average Bonchev–Trinajstić information content (AvgIpc) is 2.40. The molecule has 1 aromatic carbocycles. The molecule has 0 saturated heterocycles. The molecule has 0 radical (unpaired) electrons. The molecule has 15 heavy (non-hydrogen) atoms. The Bertz CT molecular complexity index is 399. The molecule has 0 saturated carbocycles. The Morgan fingerprint density at radius 3 is 2.73 bits per heavy atom. The number of rotatable bonds is 1. The number of ether oxygens (including phenoxy) is 1. The smallest absolute Gasteiger partial charge is 0.165 e. The Balaban J connectivity index is 2.52. The van der Waals surface area contributed by atoms with Crippen molar-refractivity contribution in [2.45, 2.75) is 25.7 Å². The van der Waals surface area contributed by atoms with Crippen LogP contribution in [0.5, 0.6) is 5.75 Å². The summed E-state index contributed by atoms with van der Waals surface area (Å²) in [6.45, 7) is 0. The maximum Gasteiger partial charge on any atom is 0.165 e. The summed E-state index contributed by atoms with van der Waals surface area (Å²) in [7, 11) is 1.41. The van der Waals surface area contributed by atoms with Gasteiger partial charge in [0.1, 0.15) is 0 Å². The minimum Gasteiger partial charge on any atom is -0.494 e. The number of carbonyl (C=O) groups excluding carboxylic acids is 1. The SMILES string of the molecule is COc1cc2c(cc1F)CCCCC2=O. The molecule has 0 aromatic heterocycles. The van der Waals surface area contributed by atoms with E-state index in [0.29, 0.717) is 12.0 Å². The lowest BCUT2D eigenvalue weighted by Crippen LogP contribution is -2.02. The van der Waals surface area contributed by atoms with Crippen LogP contribution in [0.15, 0.2) is 12.1 Å². The Kier molecular flexibility index (Phi) is 2.71. The van der Waals surface area contributed by atoms with Gasteiger partial charge in [-0.3, -0.25) is 4.79 Å². The maximum atomic E-state index is 13.4. The highest BCUT2D eigenvalue weighted by Crippen LogP contribution is 2.27. The van der Waals surface area contributed by atoms with Gasteiger partial charge in [-0.15, -0.1) is 0 Å². The van der Waals surface area contributed by atoms with Gasteiger partial charge < -0.3 is 4.74 Å². The van der Waals surface area contributed by atoms with Crippen LogP contribution in [0.3, 0.4) is 0 Å². The fourth-order valence-electron chi connectivity index (χ4n) is 1.95. The lowest BCUT2D eigenvalue weighted by Gasteiger charge is -2.08. The van der Waals surface area contributed by atoms with E-state index in [9.17, 15) is 9.18 Å². The molecule has 0 bridgehead atoms. The molecule has 1 aliphatic carbocycles. The van der Waals surface area contributed by atoms with E-state index in [1.54, 1.807) is 0 Å². The van der Waals surface area contributed by atoms with Gasteiger partial charge >= 0.3 is 0 Å². The quantitative estimate of drug-likeness (QED) is 0.663. The highest BCUT2D eigenvalue weighted by atomic mass is 19.1. The second-order valence-corrected chi connectivity index (χ2v) is 3.77. The number of hydrogen-bond donors (Lipinski definition) is 0. The molecule has 0 aliphatic heterocycles. The molecule has 1 aliphatic rings. The van der Waals surface area contributed by atoms with Crippen LogP contribution in [0.4, 0.5) is 4.39 Å². The number of hydrogen-bond acceptors (Lipinski definition) is 2. The Hall–Kier alpha value is -1.38. The first-order chi connectivity index (χ1) is 7.22. The van der Waals surface area contributed by atoms with Crippen LogP contribution >= 0.6 is 0 Å². The number of methoxy groups -OCH3 is 1. The molecule has 0 N–H and O–H groups in total. The molecule has 0 fully saturated rings. The van der Waals surface area contributed by atoms with E-state index in [0.717, 1.165) is 24.8 Å². The molecule has 1 aromatic rings. The largest absolute Gasteiger partial charge is 0.494 e. The second-order valence-electron chi connectivity index (χ2n) is 3.77. The molecule has 2 nitrogen and oxygen atoms in total.